The number of aromatic nitrogens is 2. The van der Waals surface area contributed by atoms with Gasteiger partial charge in [0, 0.05) is 5.69 Å². The van der Waals surface area contributed by atoms with Crippen molar-refractivity contribution in [2.24, 2.45) is 0 Å². The summed E-state index contributed by atoms with van der Waals surface area (Å²) in [5, 5.41) is 0. The van der Waals surface area contributed by atoms with E-state index >= 15 is 0 Å². The molecule has 0 aliphatic carbocycles. The molecule has 0 bridgehead atoms. The lowest BCUT2D eigenvalue weighted by Crippen LogP contribution is -1.96. The Morgan fingerprint density at radius 3 is 2.53 bits per heavy atom. The van der Waals surface area contributed by atoms with Crippen LogP contribution in [-0.4, -0.2) is 9.97 Å². The van der Waals surface area contributed by atoms with Crippen LogP contribution in [0.5, 0.6) is 11.6 Å². The summed E-state index contributed by atoms with van der Waals surface area (Å²) >= 11 is 0. The topological polar surface area (TPSA) is 61.0 Å². The Hall–Kier alpha value is -2.10. The van der Waals surface area contributed by atoms with Crippen molar-refractivity contribution < 1.29 is 4.74 Å². The molecular formula is C13H15N3O. The van der Waals surface area contributed by atoms with Crippen LogP contribution < -0.4 is 10.5 Å². The minimum absolute atomic E-state index is 0.497. The number of rotatable bonds is 2. The number of benzene rings is 1. The molecule has 2 N–H and O–H groups in total. The normalized spacial score (nSPS) is 10.3. The summed E-state index contributed by atoms with van der Waals surface area (Å²) in [4.78, 5) is 8.51. The van der Waals surface area contributed by atoms with Crippen molar-refractivity contribution in [3.63, 3.8) is 0 Å². The van der Waals surface area contributed by atoms with E-state index in [9.17, 15) is 0 Å². The molecule has 0 unspecified atom stereocenters. The molecule has 0 spiro atoms. The molecule has 88 valence electrons. The number of nitrogen functional groups attached to an aromatic ring is 1. The van der Waals surface area contributed by atoms with Gasteiger partial charge in [-0.15, -0.1) is 0 Å². The van der Waals surface area contributed by atoms with Crippen LogP contribution in [0.15, 0.2) is 24.4 Å². The summed E-state index contributed by atoms with van der Waals surface area (Å²) in [5.74, 6) is 1.21. The molecule has 17 heavy (non-hydrogen) atoms. The number of nitrogens with two attached hydrogens (primary N) is 1. The van der Waals surface area contributed by atoms with Crippen LogP contribution in [0, 0.1) is 20.8 Å². The zero-order chi connectivity index (χ0) is 12.4. The summed E-state index contributed by atoms with van der Waals surface area (Å²) in [6.45, 7) is 5.76. The fraction of sp³-hybridized carbons (Fsp3) is 0.231. The van der Waals surface area contributed by atoms with E-state index in [0.29, 0.717) is 11.6 Å². The summed E-state index contributed by atoms with van der Waals surface area (Å²) in [7, 11) is 0. The van der Waals surface area contributed by atoms with Gasteiger partial charge >= 0.3 is 0 Å². The zero-order valence-corrected chi connectivity index (χ0v) is 10.2. The van der Waals surface area contributed by atoms with Crippen LogP contribution in [0.3, 0.4) is 0 Å². The molecule has 4 nitrogen and oxygen atoms in total. The van der Waals surface area contributed by atoms with Gasteiger partial charge in [0.2, 0.25) is 5.88 Å². The number of aryl methyl sites for hydroxylation is 3. The Morgan fingerprint density at radius 1 is 1.12 bits per heavy atom. The van der Waals surface area contributed by atoms with E-state index in [1.807, 2.05) is 39.0 Å². The van der Waals surface area contributed by atoms with E-state index in [-0.39, 0.29) is 0 Å². The molecule has 0 saturated carbocycles. The summed E-state index contributed by atoms with van der Waals surface area (Å²) in [6, 6.07) is 5.52. The minimum Gasteiger partial charge on any atom is -0.437 e. The quantitative estimate of drug-likeness (QED) is 0.804. The first-order valence-corrected chi connectivity index (χ1v) is 5.40. The van der Waals surface area contributed by atoms with Crippen LogP contribution >= 0.6 is 0 Å². The summed E-state index contributed by atoms with van der Waals surface area (Å²) in [5.41, 5.74) is 9.26. The van der Waals surface area contributed by atoms with E-state index in [1.54, 1.807) is 6.20 Å². The smallest absolute Gasteiger partial charge is 0.238 e. The highest BCUT2D eigenvalue weighted by Crippen LogP contribution is 2.23. The molecular weight excluding hydrogens is 214 g/mol. The van der Waals surface area contributed by atoms with Crippen molar-refractivity contribution >= 4 is 5.69 Å². The monoisotopic (exact) mass is 229 g/mol. The van der Waals surface area contributed by atoms with Crippen LogP contribution in [0.2, 0.25) is 0 Å². The predicted molar refractivity (Wildman–Crippen MR) is 67.2 cm³/mol. The molecule has 4 heteroatoms. The van der Waals surface area contributed by atoms with Gasteiger partial charge in [-0.05, 0) is 44.5 Å². The molecule has 1 aromatic heterocycles. The number of hydrogen-bond acceptors (Lipinski definition) is 4. The Labute approximate surface area is 100 Å². The lowest BCUT2D eigenvalue weighted by Gasteiger charge is -2.07. The number of ether oxygens (including phenoxy) is 1. The third-order valence-corrected chi connectivity index (χ3v) is 2.63. The minimum atomic E-state index is 0.497. The molecule has 0 aliphatic rings. The van der Waals surface area contributed by atoms with Gasteiger partial charge in [0.25, 0.3) is 0 Å². The van der Waals surface area contributed by atoms with Gasteiger partial charge in [0.15, 0.2) is 0 Å². The third-order valence-electron chi connectivity index (χ3n) is 2.63. The summed E-state index contributed by atoms with van der Waals surface area (Å²) in [6.07, 6.45) is 1.62. The van der Waals surface area contributed by atoms with Crippen LogP contribution in [0.4, 0.5) is 5.69 Å². The highest BCUT2D eigenvalue weighted by molar-refractivity contribution is 5.50. The molecule has 2 rings (SSSR count). The molecule has 2 aromatic rings. The standard InChI is InChI=1S/C13H15N3O/c1-8-6-11(4-5-12(8)14)17-13-7-15-9(2)10(3)16-13/h4-7H,14H2,1-3H3. The second kappa shape index (κ2) is 4.41. The van der Waals surface area contributed by atoms with Crippen molar-refractivity contribution in [2.45, 2.75) is 20.8 Å². The van der Waals surface area contributed by atoms with E-state index in [0.717, 1.165) is 22.6 Å². The highest BCUT2D eigenvalue weighted by atomic mass is 16.5. The highest BCUT2D eigenvalue weighted by Gasteiger charge is 2.03. The molecule has 0 atom stereocenters. The molecule has 0 saturated heterocycles. The zero-order valence-electron chi connectivity index (χ0n) is 10.2. The Bertz CT molecular complexity index is 503. The van der Waals surface area contributed by atoms with Crippen LogP contribution in [-0.2, 0) is 0 Å². The molecule has 0 radical (unpaired) electrons. The van der Waals surface area contributed by atoms with Crippen LogP contribution in [0.1, 0.15) is 17.0 Å². The first-order valence-electron chi connectivity index (χ1n) is 5.40. The van der Waals surface area contributed by atoms with Crippen molar-refractivity contribution in [3.8, 4) is 11.6 Å². The predicted octanol–water partition coefficient (Wildman–Crippen LogP) is 2.78. The van der Waals surface area contributed by atoms with E-state index in [1.165, 1.54) is 0 Å². The SMILES string of the molecule is Cc1cc(Oc2cnc(C)c(C)n2)ccc1N. The molecule has 0 aliphatic heterocycles. The van der Waals surface area contributed by atoms with Crippen molar-refractivity contribution in [1.29, 1.82) is 0 Å². The molecule has 1 aromatic carbocycles. The van der Waals surface area contributed by atoms with Crippen LogP contribution in [0.25, 0.3) is 0 Å². The fourth-order valence-corrected chi connectivity index (χ4v) is 1.40. The van der Waals surface area contributed by atoms with Crippen molar-refractivity contribution in [1.82, 2.24) is 9.97 Å². The lowest BCUT2D eigenvalue weighted by molar-refractivity contribution is 0.458. The van der Waals surface area contributed by atoms with Crippen molar-refractivity contribution in [3.05, 3.63) is 41.3 Å². The van der Waals surface area contributed by atoms with E-state index in [4.69, 9.17) is 10.5 Å². The maximum atomic E-state index is 5.74. The lowest BCUT2D eigenvalue weighted by atomic mass is 10.2. The number of anilines is 1. The molecule has 0 amide bonds. The fourth-order valence-electron chi connectivity index (χ4n) is 1.40. The molecule has 1 heterocycles. The number of hydrogen-bond donors (Lipinski definition) is 1. The van der Waals surface area contributed by atoms with E-state index in [2.05, 4.69) is 9.97 Å². The van der Waals surface area contributed by atoms with Gasteiger partial charge in [0.1, 0.15) is 5.75 Å². The maximum Gasteiger partial charge on any atom is 0.238 e. The van der Waals surface area contributed by atoms with Gasteiger partial charge in [-0.25, -0.2) is 4.98 Å². The molecule has 0 fully saturated rings. The second-order valence-electron chi connectivity index (χ2n) is 4.00. The Kier molecular flexibility index (Phi) is 2.95. The largest absolute Gasteiger partial charge is 0.437 e. The van der Waals surface area contributed by atoms with Gasteiger partial charge in [-0.1, -0.05) is 0 Å². The first kappa shape index (κ1) is 11.4. The van der Waals surface area contributed by atoms with Gasteiger partial charge in [-0.3, -0.25) is 4.98 Å². The van der Waals surface area contributed by atoms with Gasteiger partial charge in [0.05, 0.1) is 17.6 Å². The summed E-state index contributed by atoms with van der Waals surface area (Å²) < 4.78 is 5.62. The number of nitrogens with zero attached hydrogens (tertiary/aromatic N) is 2. The first-order chi connectivity index (χ1) is 8.06. The van der Waals surface area contributed by atoms with E-state index < -0.39 is 0 Å². The van der Waals surface area contributed by atoms with Crippen molar-refractivity contribution in [2.75, 3.05) is 5.73 Å². The maximum absolute atomic E-state index is 5.74. The second-order valence-corrected chi connectivity index (χ2v) is 4.00. The Balaban J connectivity index is 2.25. The average molecular weight is 229 g/mol. The Morgan fingerprint density at radius 2 is 1.88 bits per heavy atom. The third kappa shape index (κ3) is 2.53. The average Bonchev–Trinajstić information content (AvgIpc) is 2.29. The van der Waals surface area contributed by atoms with Gasteiger partial charge in [-0.2, -0.15) is 0 Å². The van der Waals surface area contributed by atoms with Gasteiger partial charge < -0.3 is 10.5 Å².